The number of rotatable bonds is 4. The number of nitrogens with one attached hydrogen (secondary N) is 1. The van der Waals surface area contributed by atoms with Crippen LogP contribution in [0.25, 0.3) is 0 Å². The van der Waals surface area contributed by atoms with Gasteiger partial charge in [0.2, 0.25) is 5.89 Å². The van der Waals surface area contributed by atoms with Crippen LogP contribution >= 0.6 is 0 Å². The molecule has 1 saturated heterocycles. The van der Waals surface area contributed by atoms with Crippen molar-refractivity contribution in [2.24, 2.45) is 0 Å². The molecular formula is C18H17FN4O2. The molecule has 2 aromatic heterocycles. The minimum Gasteiger partial charge on any atom is -0.357 e. The van der Waals surface area contributed by atoms with Gasteiger partial charge < -0.3 is 14.4 Å². The first-order valence-electron chi connectivity index (χ1n) is 8.22. The van der Waals surface area contributed by atoms with Crippen LogP contribution in [0.2, 0.25) is 0 Å². The van der Waals surface area contributed by atoms with Gasteiger partial charge in [0.15, 0.2) is 5.82 Å². The molecule has 0 aliphatic carbocycles. The van der Waals surface area contributed by atoms with Gasteiger partial charge in [-0.1, -0.05) is 17.3 Å². The number of hydrogen-bond donors (Lipinski definition) is 1. The quantitative estimate of drug-likeness (QED) is 0.792. The van der Waals surface area contributed by atoms with Crippen LogP contribution in [0.5, 0.6) is 0 Å². The fourth-order valence-corrected chi connectivity index (χ4v) is 3.14. The fraction of sp³-hybridized carbons (Fsp3) is 0.278. The Morgan fingerprint density at radius 3 is 2.92 bits per heavy atom. The molecule has 4 rings (SSSR count). The van der Waals surface area contributed by atoms with Crippen LogP contribution in [0.15, 0.2) is 47.1 Å². The van der Waals surface area contributed by atoms with E-state index in [4.69, 9.17) is 4.52 Å². The maximum Gasteiger partial charge on any atom is 0.270 e. The number of benzene rings is 1. The number of aromatic nitrogens is 3. The smallest absolute Gasteiger partial charge is 0.270 e. The van der Waals surface area contributed by atoms with Crippen molar-refractivity contribution in [1.29, 1.82) is 0 Å². The monoisotopic (exact) mass is 340 g/mol. The third-order valence-electron chi connectivity index (χ3n) is 4.39. The first kappa shape index (κ1) is 15.6. The number of carbonyl (C=O) groups is 1. The first-order chi connectivity index (χ1) is 12.2. The van der Waals surface area contributed by atoms with Crippen molar-refractivity contribution in [2.45, 2.75) is 25.3 Å². The maximum atomic E-state index is 13.0. The lowest BCUT2D eigenvalue weighted by atomic mass is 10.1. The summed E-state index contributed by atoms with van der Waals surface area (Å²) in [7, 11) is 0. The number of H-pyrrole nitrogens is 1. The van der Waals surface area contributed by atoms with Gasteiger partial charge in [-0.2, -0.15) is 4.98 Å². The van der Waals surface area contributed by atoms with Gasteiger partial charge in [-0.05, 0) is 42.7 Å². The summed E-state index contributed by atoms with van der Waals surface area (Å²) in [5.41, 5.74) is 1.46. The minimum atomic E-state index is -0.276. The van der Waals surface area contributed by atoms with Gasteiger partial charge in [-0.15, -0.1) is 0 Å². The molecule has 1 atom stereocenters. The number of halogens is 1. The molecule has 1 N–H and O–H groups in total. The van der Waals surface area contributed by atoms with Gasteiger partial charge in [0.1, 0.15) is 17.6 Å². The van der Waals surface area contributed by atoms with Gasteiger partial charge >= 0.3 is 0 Å². The van der Waals surface area contributed by atoms with Crippen LogP contribution in [-0.4, -0.2) is 32.5 Å². The van der Waals surface area contributed by atoms with Crippen LogP contribution < -0.4 is 0 Å². The summed E-state index contributed by atoms with van der Waals surface area (Å²) in [5, 5.41) is 4.01. The molecule has 25 heavy (non-hydrogen) atoms. The Morgan fingerprint density at radius 1 is 1.32 bits per heavy atom. The second kappa shape index (κ2) is 6.51. The van der Waals surface area contributed by atoms with E-state index in [2.05, 4.69) is 15.1 Å². The van der Waals surface area contributed by atoms with E-state index in [1.807, 2.05) is 0 Å². The predicted molar refractivity (Wildman–Crippen MR) is 87.3 cm³/mol. The van der Waals surface area contributed by atoms with Crippen LogP contribution in [0.4, 0.5) is 4.39 Å². The maximum absolute atomic E-state index is 13.0. The van der Waals surface area contributed by atoms with Gasteiger partial charge in [0.05, 0.1) is 0 Å². The van der Waals surface area contributed by atoms with Crippen LogP contribution in [0.1, 0.15) is 46.7 Å². The largest absolute Gasteiger partial charge is 0.357 e. The lowest BCUT2D eigenvalue weighted by molar-refractivity contribution is 0.0705. The molecule has 0 bridgehead atoms. The fourth-order valence-electron chi connectivity index (χ4n) is 3.14. The molecule has 0 saturated carbocycles. The zero-order chi connectivity index (χ0) is 17.2. The number of likely N-dealkylation sites (tertiary alicyclic amines) is 1. The molecule has 1 fully saturated rings. The summed E-state index contributed by atoms with van der Waals surface area (Å²) in [5.74, 6) is 0.642. The Balaban J connectivity index is 1.50. The van der Waals surface area contributed by atoms with Crippen molar-refractivity contribution in [3.05, 3.63) is 71.4 Å². The lowest BCUT2D eigenvalue weighted by Gasteiger charge is -2.21. The Bertz CT molecular complexity index is 858. The molecule has 1 aromatic carbocycles. The average molecular weight is 340 g/mol. The average Bonchev–Trinajstić information content (AvgIpc) is 3.37. The molecule has 1 aliphatic heterocycles. The molecule has 0 unspecified atom stereocenters. The third-order valence-corrected chi connectivity index (χ3v) is 4.39. The van der Waals surface area contributed by atoms with Crippen LogP contribution in [-0.2, 0) is 6.42 Å². The molecular weight excluding hydrogens is 323 g/mol. The summed E-state index contributed by atoms with van der Waals surface area (Å²) in [4.78, 5) is 21.7. The molecule has 128 valence electrons. The normalized spacial score (nSPS) is 17.2. The summed E-state index contributed by atoms with van der Waals surface area (Å²) in [6, 6.07) is 9.56. The highest BCUT2D eigenvalue weighted by Gasteiger charge is 2.34. The molecule has 6 nitrogen and oxygen atoms in total. The van der Waals surface area contributed by atoms with E-state index >= 15 is 0 Å². The molecule has 7 heteroatoms. The standard InChI is InChI=1S/C18H17FN4O2/c19-13-7-5-12(6-8-13)11-16-21-17(25-22-16)15-4-2-10-23(15)18(24)14-3-1-9-20-14/h1,3,5-9,15,20H,2,4,10-11H2/t15-/m1/s1. The Morgan fingerprint density at radius 2 is 2.16 bits per heavy atom. The molecule has 1 aliphatic rings. The zero-order valence-corrected chi connectivity index (χ0v) is 13.5. The van der Waals surface area contributed by atoms with Crippen LogP contribution in [0, 0.1) is 5.82 Å². The Labute approximate surface area is 143 Å². The van der Waals surface area contributed by atoms with E-state index in [1.54, 1.807) is 35.4 Å². The second-order valence-electron chi connectivity index (χ2n) is 6.09. The minimum absolute atomic E-state index is 0.0641. The highest BCUT2D eigenvalue weighted by molar-refractivity contribution is 5.92. The molecule has 3 aromatic rings. The Kier molecular flexibility index (Phi) is 4.05. The number of hydrogen-bond acceptors (Lipinski definition) is 4. The first-order valence-corrected chi connectivity index (χ1v) is 8.22. The predicted octanol–water partition coefficient (Wildman–Crippen LogP) is 3.10. The number of nitrogens with zero attached hydrogens (tertiary/aromatic N) is 3. The number of carbonyl (C=O) groups excluding carboxylic acids is 1. The van der Waals surface area contributed by atoms with E-state index in [-0.39, 0.29) is 17.8 Å². The molecule has 0 spiro atoms. The SMILES string of the molecule is O=C(c1ccc[nH]1)N1CCC[C@@H]1c1nc(Cc2ccc(F)cc2)no1. The van der Waals surface area contributed by atoms with Crippen molar-refractivity contribution in [3.8, 4) is 0 Å². The van der Waals surface area contributed by atoms with Crippen LogP contribution in [0.3, 0.4) is 0 Å². The molecule has 0 radical (unpaired) electrons. The molecule has 3 heterocycles. The van der Waals surface area contributed by atoms with Crippen molar-refractivity contribution in [3.63, 3.8) is 0 Å². The number of amides is 1. The van der Waals surface area contributed by atoms with Gasteiger partial charge in [0, 0.05) is 19.2 Å². The zero-order valence-electron chi connectivity index (χ0n) is 13.5. The summed E-state index contributed by atoms with van der Waals surface area (Å²) in [6.07, 6.45) is 3.88. The topological polar surface area (TPSA) is 75.0 Å². The summed E-state index contributed by atoms with van der Waals surface area (Å²) < 4.78 is 18.4. The highest BCUT2D eigenvalue weighted by atomic mass is 19.1. The van der Waals surface area contributed by atoms with Gasteiger partial charge in [-0.3, -0.25) is 4.79 Å². The van der Waals surface area contributed by atoms with E-state index in [0.717, 1.165) is 18.4 Å². The lowest BCUT2D eigenvalue weighted by Crippen LogP contribution is -2.31. The summed E-state index contributed by atoms with van der Waals surface area (Å²) in [6.45, 7) is 0.665. The van der Waals surface area contributed by atoms with Crippen molar-refractivity contribution >= 4 is 5.91 Å². The van der Waals surface area contributed by atoms with Gasteiger partial charge in [-0.25, -0.2) is 4.39 Å². The van der Waals surface area contributed by atoms with Crippen molar-refractivity contribution in [1.82, 2.24) is 20.0 Å². The van der Waals surface area contributed by atoms with Crippen molar-refractivity contribution in [2.75, 3.05) is 6.54 Å². The van der Waals surface area contributed by atoms with E-state index in [9.17, 15) is 9.18 Å². The van der Waals surface area contributed by atoms with Gasteiger partial charge in [0.25, 0.3) is 5.91 Å². The molecule has 1 amide bonds. The number of aromatic amines is 1. The van der Waals surface area contributed by atoms with Crippen molar-refractivity contribution < 1.29 is 13.7 Å². The summed E-state index contributed by atoms with van der Waals surface area (Å²) >= 11 is 0. The Hall–Kier alpha value is -2.96. The van der Waals surface area contributed by atoms with E-state index in [1.165, 1.54) is 12.1 Å². The highest BCUT2D eigenvalue weighted by Crippen LogP contribution is 2.32. The third kappa shape index (κ3) is 3.17. The van der Waals surface area contributed by atoms with E-state index < -0.39 is 0 Å². The second-order valence-corrected chi connectivity index (χ2v) is 6.09. The van der Waals surface area contributed by atoms with E-state index in [0.29, 0.717) is 30.4 Å².